The van der Waals surface area contributed by atoms with Gasteiger partial charge in [-0.15, -0.1) is 0 Å². The summed E-state index contributed by atoms with van der Waals surface area (Å²) in [4.78, 5) is 12.8. The highest BCUT2D eigenvalue weighted by molar-refractivity contribution is 9.10. The molecule has 1 aromatic carbocycles. The summed E-state index contributed by atoms with van der Waals surface area (Å²) in [7, 11) is 3.24. The number of rotatable bonds is 5. The molecule has 0 radical (unpaired) electrons. The number of nitrogens with one attached hydrogen (secondary N) is 1. The number of methoxy groups -OCH3 is 2. The van der Waals surface area contributed by atoms with Gasteiger partial charge in [-0.05, 0) is 67.9 Å². The highest BCUT2D eigenvalue weighted by Gasteiger charge is 2.57. The Bertz CT molecular complexity index is 676. The Kier molecular flexibility index (Phi) is 4.25. The van der Waals surface area contributed by atoms with E-state index in [1.165, 1.54) is 32.1 Å². The zero-order valence-corrected chi connectivity index (χ0v) is 16.5. The molecule has 2 atom stereocenters. The van der Waals surface area contributed by atoms with Crippen molar-refractivity contribution in [3.05, 3.63) is 18.2 Å². The van der Waals surface area contributed by atoms with Crippen LogP contribution in [0.5, 0.6) is 11.5 Å². The zero-order valence-electron chi connectivity index (χ0n) is 14.9. The summed E-state index contributed by atoms with van der Waals surface area (Å²) in [6, 6.07) is 5.48. The normalized spacial score (nSPS) is 35.5. The molecule has 4 aliphatic rings. The monoisotopic (exact) mass is 407 g/mol. The Balaban J connectivity index is 1.50. The third kappa shape index (κ3) is 3.27. The van der Waals surface area contributed by atoms with Gasteiger partial charge in [0.25, 0.3) is 0 Å². The van der Waals surface area contributed by atoms with Crippen molar-refractivity contribution in [2.75, 3.05) is 19.5 Å². The number of carbonyl (C=O) groups is 1. The standard InChI is InChI=1S/C20H26BrNO3/c1-24-15-3-4-17(25-2)16(6-15)22-18(23)11-19-7-13-5-14(8-19)10-20(21,9-13)12-19/h3-4,6,13-14H,5,7-12H2,1-2H3,(H,22,23). The minimum atomic E-state index is 0.0876. The van der Waals surface area contributed by atoms with E-state index in [1.807, 2.05) is 18.2 Å². The number of hydrogen-bond donors (Lipinski definition) is 1. The van der Waals surface area contributed by atoms with Gasteiger partial charge < -0.3 is 14.8 Å². The van der Waals surface area contributed by atoms with Gasteiger partial charge in [0.1, 0.15) is 11.5 Å². The summed E-state index contributed by atoms with van der Waals surface area (Å²) in [5.74, 6) is 3.05. The lowest BCUT2D eigenvalue weighted by molar-refractivity contribution is -0.123. The highest BCUT2D eigenvalue weighted by Crippen LogP contribution is 2.65. The molecule has 5 heteroatoms. The van der Waals surface area contributed by atoms with Crippen molar-refractivity contribution in [1.29, 1.82) is 0 Å². The summed E-state index contributed by atoms with van der Waals surface area (Å²) >= 11 is 4.02. The van der Waals surface area contributed by atoms with Crippen molar-refractivity contribution >= 4 is 27.5 Å². The van der Waals surface area contributed by atoms with Crippen LogP contribution in [0.25, 0.3) is 0 Å². The van der Waals surface area contributed by atoms with Crippen molar-refractivity contribution < 1.29 is 14.3 Å². The lowest BCUT2D eigenvalue weighted by Crippen LogP contribution is -2.53. The first-order valence-corrected chi connectivity index (χ1v) is 9.93. The second kappa shape index (κ2) is 6.19. The summed E-state index contributed by atoms with van der Waals surface area (Å²) < 4.78 is 10.9. The summed E-state index contributed by atoms with van der Waals surface area (Å²) in [6.45, 7) is 0. The molecular formula is C20H26BrNO3. The van der Waals surface area contributed by atoms with Crippen molar-refractivity contribution in [2.45, 2.75) is 49.3 Å². The lowest BCUT2D eigenvalue weighted by Gasteiger charge is -2.60. The maximum Gasteiger partial charge on any atom is 0.225 e. The molecule has 0 spiro atoms. The minimum Gasteiger partial charge on any atom is -0.497 e. The first-order chi connectivity index (χ1) is 11.9. The van der Waals surface area contributed by atoms with Gasteiger partial charge in [-0.25, -0.2) is 0 Å². The molecule has 4 saturated carbocycles. The molecule has 4 bridgehead atoms. The van der Waals surface area contributed by atoms with Gasteiger partial charge in [-0.1, -0.05) is 15.9 Å². The Hall–Kier alpha value is -1.23. The van der Waals surface area contributed by atoms with Crippen LogP contribution in [-0.4, -0.2) is 24.5 Å². The molecule has 1 N–H and O–H groups in total. The zero-order chi connectivity index (χ0) is 17.7. The van der Waals surface area contributed by atoms with E-state index < -0.39 is 0 Å². The van der Waals surface area contributed by atoms with Crippen molar-refractivity contribution in [2.24, 2.45) is 17.3 Å². The molecule has 136 valence electrons. The number of benzene rings is 1. The quantitative estimate of drug-likeness (QED) is 0.715. The molecule has 0 aliphatic heterocycles. The van der Waals surface area contributed by atoms with Crippen molar-refractivity contribution in [3.8, 4) is 11.5 Å². The number of ether oxygens (including phenoxy) is 2. The SMILES string of the molecule is COc1ccc(OC)c(NC(=O)CC23CC4CC(CC(Br)(C4)C2)C3)c1. The molecule has 0 saturated heterocycles. The molecule has 1 aromatic rings. The fourth-order valence-electron chi connectivity index (χ4n) is 5.99. The van der Waals surface area contributed by atoms with E-state index in [1.54, 1.807) is 14.2 Å². The van der Waals surface area contributed by atoms with E-state index in [4.69, 9.17) is 9.47 Å². The van der Waals surface area contributed by atoms with Crippen LogP contribution in [0.2, 0.25) is 0 Å². The second-order valence-corrected chi connectivity index (χ2v) is 10.1. The average molecular weight is 408 g/mol. The van der Waals surface area contributed by atoms with Gasteiger partial charge in [0.2, 0.25) is 5.91 Å². The van der Waals surface area contributed by atoms with E-state index >= 15 is 0 Å². The van der Waals surface area contributed by atoms with Crippen LogP contribution in [0.4, 0.5) is 5.69 Å². The number of carbonyl (C=O) groups excluding carboxylic acids is 1. The average Bonchev–Trinajstić information content (AvgIpc) is 2.51. The van der Waals surface area contributed by atoms with Crippen LogP contribution in [-0.2, 0) is 4.79 Å². The molecule has 2 unspecified atom stereocenters. The topological polar surface area (TPSA) is 47.6 Å². The largest absolute Gasteiger partial charge is 0.497 e. The summed E-state index contributed by atoms with van der Waals surface area (Å²) in [5, 5.41) is 3.06. The van der Waals surface area contributed by atoms with Crippen LogP contribution in [0.1, 0.15) is 44.9 Å². The third-order valence-corrected chi connectivity index (χ3v) is 7.25. The molecule has 5 rings (SSSR count). The minimum absolute atomic E-state index is 0.0876. The van der Waals surface area contributed by atoms with Gasteiger partial charge >= 0.3 is 0 Å². The van der Waals surface area contributed by atoms with Crippen LogP contribution in [0.3, 0.4) is 0 Å². The smallest absolute Gasteiger partial charge is 0.225 e. The Morgan fingerprint density at radius 2 is 1.92 bits per heavy atom. The van der Waals surface area contributed by atoms with E-state index in [-0.39, 0.29) is 15.6 Å². The fourth-order valence-corrected chi connectivity index (χ4v) is 7.50. The van der Waals surface area contributed by atoms with Gasteiger partial charge in [0.15, 0.2) is 0 Å². The number of amides is 1. The third-order valence-electron chi connectivity index (χ3n) is 6.33. The van der Waals surface area contributed by atoms with E-state index in [2.05, 4.69) is 21.2 Å². The predicted molar refractivity (Wildman–Crippen MR) is 102 cm³/mol. The number of anilines is 1. The molecule has 4 aliphatic carbocycles. The van der Waals surface area contributed by atoms with Gasteiger partial charge in [-0.2, -0.15) is 0 Å². The first kappa shape index (κ1) is 17.2. The van der Waals surface area contributed by atoms with Crippen molar-refractivity contribution in [1.82, 2.24) is 0 Å². The molecule has 4 nitrogen and oxygen atoms in total. The van der Waals surface area contributed by atoms with Gasteiger partial charge in [0, 0.05) is 16.8 Å². The lowest BCUT2D eigenvalue weighted by atomic mass is 9.48. The molecule has 0 aromatic heterocycles. The summed E-state index contributed by atoms with van der Waals surface area (Å²) in [6.07, 6.45) is 8.09. The Labute approximate surface area is 157 Å². The first-order valence-electron chi connectivity index (χ1n) is 9.13. The number of halogens is 1. The van der Waals surface area contributed by atoms with Gasteiger partial charge in [-0.3, -0.25) is 4.79 Å². The Morgan fingerprint density at radius 3 is 2.52 bits per heavy atom. The van der Waals surface area contributed by atoms with E-state index in [0.717, 1.165) is 18.3 Å². The summed E-state index contributed by atoms with van der Waals surface area (Å²) in [5.41, 5.74) is 0.856. The van der Waals surface area contributed by atoms with Crippen LogP contribution < -0.4 is 14.8 Å². The molecular weight excluding hydrogens is 382 g/mol. The van der Waals surface area contributed by atoms with E-state index in [0.29, 0.717) is 23.6 Å². The molecule has 1 amide bonds. The van der Waals surface area contributed by atoms with Crippen molar-refractivity contribution in [3.63, 3.8) is 0 Å². The van der Waals surface area contributed by atoms with E-state index in [9.17, 15) is 4.79 Å². The van der Waals surface area contributed by atoms with Crippen LogP contribution >= 0.6 is 15.9 Å². The Morgan fingerprint density at radius 1 is 1.20 bits per heavy atom. The fraction of sp³-hybridized carbons (Fsp3) is 0.650. The van der Waals surface area contributed by atoms with Gasteiger partial charge in [0.05, 0.1) is 19.9 Å². The molecule has 0 heterocycles. The van der Waals surface area contributed by atoms with Crippen LogP contribution in [0, 0.1) is 17.3 Å². The highest BCUT2D eigenvalue weighted by atomic mass is 79.9. The molecule has 4 fully saturated rings. The second-order valence-electron chi connectivity index (χ2n) is 8.40. The maximum atomic E-state index is 12.8. The van der Waals surface area contributed by atoms with Crippen LogP contribution in [0.15, 0.2) is 18.2 Å². The number of hydrogen-bond acceptors (Lipinski definition) is 3. The predicted octanol–water partition coefficient (Wildman–Crippen LogP) is 4.77. The molecule has 25 heavy (non-hydrogen) atoms. The number of alkyl halides is 1. The maximum absolute atomic E-state index is 12.8.